The second-order valence-electron chi connectivity index (χ2n) is 4.52. The molecule has 1 atom stereocenters. The van der Waals surface area contributed by atoms with Crippen molar-refractivity contribution < 1.29 is 14.3 Å². The summed E-state index contributed by atoms with van der Waals surface area (Å²) in [5, 5.41) is 7.00. The summed E-state index contributed by atoms with van der Waals surface area (Å²) in [6, 6.07) is 0. The van der Waals surface area contributed by atoms with Crippen LogP contribution in [0.2, 0.25) is 5.02 Å². The van der Waals surface area contributed by atoms with Crippen molar-refractivity contribution in [2.24, 2.45) is 5.92 Å². The Hall–Kier alpha value is -1.60. The zero-order chi connectivity index (χ0) is 14.5. The van der Waals surface area contributed by atoms with Crippen LogP contribution in [-0.2, 0) is 20.8 Å². The molecule has 1 fully saturated rings. The van der Waals surface area contributed by atoms with Crippen molar-refractivity contribution in [3.8, 4) is 0 Å². The van der Waals surface area contributed by atoms with E-state index in [0.29, 0.717) is 24.8 Å². The Balaban J connectivity index is 2.05. The van der Waals surface area contributed by atoms with Crippen molar-refractivity contribution >= 4 is 23.3 Å². The smallest absolute Gasteiger partial charge is 0.327 e. The van der Waals surface area contributed by atoms with Gasteiger partial charge in [0.05, 0.1) is 25.6 Å². The molecular formula is C12H16ClN3O4. The SMILES string of the molecule is COC(=O)Cn1ncc(NCC2CCOC2)c(Cl)c1=O. The van der Waals surface area contributed by atoms with Gasteiger partial charge in [0.15, 0.2) is 0 Å². The Bertz CT molecular complexity index is 540. The van der Waals surface area contributed by atoms with Crippen LogP contribution in [0, 0.1) is 5.92 Å². The van der Waals surface area contributed by atoms with Crippen molar-refractivity contribution in [1.29, 1.82) is 0 Å². The highest BCUT2D eigenvalue weighted by Crippen LogP contribution is 2.18. The lowest BCUT2D eigenvalue weighted by molar-refractivity contribution is -0.141. The molecule has 8 heteroatoms. The number of ether oxygens (including phenoxy) is 2. The monoisotopic (exact) mass is 301 g/mol. The molecule has 1 N–H and O–H groups in total. The standard InChI is InChI=1S/C12H16ClN3O4/c1-19-10(17)6-16-12(18)11(13)9(5-15-16)14-4-8-2-3-20-7-8/h5,8,14H,2-4,6-7H2,1H3. The Labute approximate surface area is 120 Å². The van der Waals surface area contributed by atoms with Gasteiger partial charge in [0.25, 0.3) is 5.56 Å². The molecule has 0 aromatic carbocycles. The summed E-state index contributed by atoms with van der Waals surface area (Å²) in [6.45, 7) is 1.88. The zero-order valence-electron chi connectivity index (χ0n) is 11.1. The molecule has 2 heterocycles. The molecule has 1 aliphatic rings. The van der Waals surface area contributed by atoms with E-state index in [2.05, 4.69) is 15.2 Å². The average Bonchev–Trinajstić information content (AvgIpc) is 2.96. The van der Waals surface area contributed by atoms with Crippen molar-refractivity contribution in [3.05, 3.63) is 21.6 Å². The number of anilines is 1. The molecule has 0 aliphatic carbocycles. The number of hydrogen-bond donors (Lipinski definition) is 1. The molecule has 7 nitrogen and oxygen atoms in total. The summed E-state index contributed by atoms with van der Waals surface area (Å²) in [6.07, 6.45) is 2.42. The van der Waals surface area contributed by atoms with E-state index >= 15 is 0 Å². The number of nitrogens with zero attached hydrogens (tertiary/aromatic N) is 2. The van der Waals surface area contributed by atoms with Gasteiger partial charge in [-0.1, -0.05) is 11.6 Å². The van der Waals surface area contributed by atoms with Crippen molar-refractivity contribution in [1.82, 2.24) is 9.78 Å². The predicted molar refractivity (Wildman–Crippen MR) is 72.9 cm³/mol. The number of rotatable bonds is 5. The van der Waals surface area contributed by atoms with Crippen LogP contribution in [0.3, 0.4) is 0 Å². The van der Waals surface area contributed by atoms with Gasteiger partial charge >= 0.3 is 5.97 Å². The quantitative estimate of drug-likeness (QED) is 0.798. The molecule has 1 unspecified atom stereocenters. The van der Waals surface area contributed by atoms with E-state index in [-0.39, 0.29) is 11.6 Å². The number of carbonyl (C=O) groups excluding carboxylic acids is 1. The van der Waals surface area contributed by atoms with Crippen LogP contribution >= 0.6 is 11.6 Å². The summed E-state index contributed by atoms with van der Waals surface area (Å²) in [7, 11) is 1.24. The number of halogens is 1. The second kappa shape index (κ2) is 6.71. The zero-order valence-corrected chi connectivity index (χ0v) is 11.9. The summed E-state index contributed by atoms with van der Waals surface area (Å²) in [5.74, 6) is -0.150. The lowest BCUT2D eigenvalue weighted by atomic mass is 10.1. The average molecular weight is 302 g/mol. The summed E-state index contributed by atoms with van der Waals surface area (Å²) < 4.78 is 10.7. The molecular weight excluding hydrogens is 286 g/mol. The van der Waals surface area contributed by atoms with Gasteiger partial charge in [-0.05, 0) is 6.42 Å². The molecule has 0 bridgehead atoms. The molecule has 0 radical (unpaired) electrons. The van der Waals surface area contributed by atoms with Crippen LogP contribution in [-0.4, -0.2) is 42.6 Å². The van der Waals surface area contributed by atoms with E-state index in [1.165, 1.54) is 13.3 Å². The molecule has 1 aliphatic heterocycles. The van der Waals surface area contributed by atoms with Crippen LogP contribution in [0.1, 0.15) is 6.42 Å². The topological polar surface area (TPSA) is 82.5 Å². The van der Waals surface area contributed by atoms with Gasteiger partial charge in [-0.2, -0.15) is 5.10 Å². The molecule has 1 aromatic rings. The first-order chi connectivity index (χ1) is 9.61. The van der Waals surface area contributed by atoms with E-state index in [4.69, 9.17) is 16.3 Å². The summed E-state index contributed by atoms with van der Waals surface area (Å²) in [5.41, 5.74) is -0.0607. The largest absolute Gasteiger partial charge is 0.468 e. The fourth-order valence-electron chi connectivity index (χ4n) is 1.89. The fraction of sp³-hybridized carbons (Fsp3) is 0.583. The first kappa shape index (κ1) is 14.8. The van der Waals surface area contributed by atoms with Crippen LogP contribution in [0.25, 0.3) is 0 Å². The van der Waals surface area contributed by atoms with E-state index < -0.39 is 11.5 Å². The minimum Gasteiger partial charge on any atom is -0.468 e. The Morgan fingerprint density at radius 2 is 2.50 bits per heavy atom. The highest BCUT2D eigenvalue weighted by Gasteiger charge is 2.17. The third kappa shape index (κ3) is 3.49. The van der Waals surface area contributed by atoms with Crippen LogP contribution in [0.5, 0.6) is 0 Å². The van der Waals surface area contributed by atoms with Gasteiger partial charge in [-0.25, -0.2) is 4.68 Å². The van der Waals surface area contributed by atoms with E-state index in [1.807, 2.05) is 0 Å². The minimum absolute atomic E-state index is 0.0165. The molecule has 1 aromatic heterocycles. The predicted octanol–water partition coefficient (Wildman–Crippen LogP) is 0.518. The third-order valence-electron chi connectivity index (χ3n) is 3.10. The van der Waals surface area contributed by atoms with Gasteiger partial charge in [0, 0.05) is 19.1 Å². The van der Waals surface area contributed by atoms with Gasteiger partial charge in [0.2, 0.25) is 0 Å². The number of carbonyl (C=O) groups is 1. The Morgan fingerprint density at radius 1 is 1.70 bits per heavy atom. The molecule has 20 heavy (non-hydrogen) atoms. The first-order valence-corrected chi connectivity index (χ1v) is 6.63. The highest BCUT2D eigenvalue weighted by molar-refractivity contribution is 6.32. The maximum atomic E-state index is 11.9. The Kier molecular flexibility index (Phi) is 4.97. The number of esters is 1. The molecule has 1 saturated heterocycles. The molecule has 110 valence electrons. The van der Waals surface area contributed by atoms with Crippen molar-refractivity contribution in [2.45, 2.75) is 13.0 Å². The number of hydrogen-bond acceptors (Lipinski definition) is 6. The highest BCUT2D eigenvalue weighted by atomic mass is 35.5. The third-order valence-corrected chi connectivity index (χ3v) is 3.46. The lowest BCUT2D eigenvalue weighted by Gasteiger charge is -2.12. The van der Waals surface area contributed by atoms with Crippen molar-refractivity contribution in [3.63, 3.8) is 0 Å². The lowest BCUT2D eigenvalue weighted by Crippen LogP contribution is -2.28. The number of aromatic nitrogens is 2. The maximum Gasteiger partial charge on any atom is 0.327 e. The van der Waals surface area contributed by atoms with Crippen LogP contribution < -0.4 is 10.9 Å². The summed E-state index contributed by atoms with van der Waals surface area (Å²) >= 11 is 5.99. The molecule has 0 spiro atoms. The second-order valence-corrected chi connectivity index (χ2v) is 4.90. The molecule has 2 rings (SSSR count). The first-order valence-electron chi connectivity index (χ1n) is 6.26. The van der Waals surface area contributed by atoms with Gasteiger partial charge in [-0.15, -0.1) is 0 Å². The van der Waals surface area contributed by atoms with Gasteiger partial charge in [-0.3, -0.25) is 9.59 Å². The van der Waals surface area contributed by atoms with E-state index in [1.54, 1.807) is 0 Å². The normalized spacial score (nSPS) is 18.0. The number of nitrogens with one attached hydrogen (secondary N) is 1. The minimum atomic E-state index is -0.556. The molecule has 0 saturated carbocycles. The maximum absolute atomic E-state index is 11.9. The van der Waals surface area contributed by atoms with Gasteiger partial charge < -0.3 is 14.8 Å². The van der Waals surface area contributed by atoms with Gasteiger partial charge in [0.1, 0.15) is 11.6 Å². The number of methoxy groups -OCH3 is 1. The van der Waals surface area contributed by atoms with Crippen LogP contribution in [0.4, 0.5) is 5.69 Å². The molecule has 0 amide bonds. The summed E-state index contributed by atoms with van der Waals surface area (Å²) in [4.78, 5) is 23.1. The van der Waals surface area contributed by atoms with Crippen molar-refractivity contribution in [2.75, 3.05) is 32.2 Å². The van der Waals surface area contributed by atoms with E-state index in [9.17, 15) is 9.59 Å². The Morgan fingerprint density at radius 3 is 3.15 bits per heavy atom. The van der Waals surface area contributed by atoms with E-state index in [0.717, 1.165) is 17.7 Å². The van der Waals surface area contributed by atoms with Crippen LogP contribution in [0.15, 0.2) is 11.0 Å². The fourth-order valence-corrected chi connectivity index (χ4v) is 2.10.